The second-order valence-electron chi connectivity index (χ2n) is 8.21. The number of carbonyl (C=O) groups is 2. The van der Waals surface area contributed by atoms with Gasteiger partial charge in [0.1, 0.15) is 0 Å². The fraction of sp³-hybridized carbons (Fsp3) is 0.417. The lowest BCUT2D eigenvalue weighted by Crippen LogP contribution is -2.35. The van der Waals surface area contributed by atoms with Gasteiger partial charge in [0, 0.05) is 48.3 Å². The van der Waals surface area contributed by atoms with E-state index in [0.29, 0.717) is 28.5 Å². The normalized spacial score (nSPS) is 18.3. The zero-order valence-electron chi connectivity index (χ0n) is 18.0. The summed E-state index contributed by atoms with van der Waals surface area (Å²) in [6.45, 7) is 3.10. The van der Waals surface area contributed by atoms with Crippen LogP contribution < -0.4 is 20.9 Å². The highest BCUT2D eigenvalue weighted by Gasteiger charge is 2.22. The molecule has 2 aromatic carbocycles. The Labute approximate surface area is 193 Å². The molecule has 3 N–H and O–H groups in total. The first-order valence-electron chi connectivity index (χ1n) is 11.2. The van der Waals surface area contributed by atoms with Gasteiger partial charge in [0.15, 0.2) is 0 Å². The van der Waals surface area contributed by atoms with Crippen LogP contribution in [-0.4, -0.2) is 44.3 Å². The van der Waals surface area contributed by atoms with E-state index in [-0.39, 0.29) is 18.0 Å². The summed E-state index contributed by atoms with van der Waals surface area (Å²) < 4.78 is 5.63. The molecule has 2 fully saturated rings. The summed E-state index contributed by atoms with van der Waals surface area (Å²) in [6.07, 6.45) is 5.50. The minimum atomic E-state index is -0.385. The number of anilines is 3. The molecule has 0 aromatic heterocycles. The van der Waals surface area contributed by atoms with Gasteiger partial charge in [0.25, 0.3) is 5.91 Å². The first kappa shape index (κ1) is 22.4. The predicted octanol–water partition coefficient (Wildman–Crippen LogP) is 4.88. The molecule has 0 radical (unpaired) electrons. The Bertz CT molecular complexity index is 939. The molecule has 0 aliphatic carbocycles. The molecule has 0 saturated carbocycles. The minimum Gasteiger partial charge on any atom is -0.376 e. The smallest absolute Gasteiger partial charge is 0.323 e. The maximum Gasteiger partial charge on any atom is 0.323 e. The average Bonchev–Trinajstić information content (AvgIpc) is 3.33. The van der Waals surface area contributed by atoms with Gasteiger partial charge in [-0.2, -0.15) is 0 Å². The van der Waals surface area contributed by atoms with Gasteiger partial charge in [0.2, 0.25) is 0 Å². The van der Waals surface area contributed by atoms with Gasteiger partial charge in [0.05, 0.1) is 11.7 Å². The summed E-state index contributed by atoms with van der Waals surface area (Å²) in [7, 11) is 0. The van der Waals surface area contributed by atoms with Gasteiger partial charge in [-0.1, -0.05) is 11.6 Å². The van der Waals surface area contributed by atoms with Crippen LogP contribution in [0.15, 0.2) is 42.5 Å². The molecule has 2 aliphatic heterocycles. The van der Waals surface area contributed by atoms with Crippen molar-refractivity contribution in [3.63, 3.8) is 0 Å². The van der Waals surface area contributed by atoms with E-state index in [4.69, 9.17) is 16.3 Å². The Morgan fingerprint density at radius 1 is 0.969 bits per heavy atom. The highest BCUT2D eigenvalue weighted by Crippen LogP contribution is 2.27. The number of amides is 3. The van der Waals surface area contributed by atoms with Crippen LogP contribution >= 0.6 is 11.6 Å². The molecule has 170 valence electrons. The van der Waals surface area contributed by atoms with E-state index < -0.39 is 0 Å². The summed E-state index contributed by atoms with van der Waals surface area (Å²) >= 11 is 5.89. The summed E-state index contributed by atoms with van der Waals surface area (Å²) in [6, 6.07) is 12.0. The molecule has 0 spiro atoms. The van der Waals surface area contributed by atoms with E-state index in [1.807, 2.05) is 12.1 Å². The molecule has 2 heterocycles. The van der Waals surface area contributed by atoms with Crippen molar-refractivity contribution in [2.24, 2.45) is 0 Å². The summed E-state index contributed by atoms with van der Waals surface area (Å²) in [5, 5.41) is 9.21. The number of hydrogen-bond acceptors (Lipinski definition) is 4. The molecule has 3 amide bonds. The van der Waals surface area contributed by atoms with Gasteiger partial charge in [-0.05, 0) is 74.6 Å². The minimum absolute atomic E-state index is 0.0730. The Kier molecular flexibility index (Phi) is 7.50. The van der Waals surface area contributed by atoms with E-state index >= 15 is 0 Å². The van der Waals surface area contributed by atoms with E-state index in [0.717, 1.165) is 51.1 Å². The van der Waals surface area contributed by atoms with Crippen LogP contribution in [0.1, 0.15) is 42.5 Å². The molecular weight excluding hydrogens is 428 g/mol. The molecule has 8 heteroatoms. The number of hydrogen-bond donors (Lipinski definition) is 3. The van der Waals surface area contributed by atoms with Crippen LogP contribution in [0.5, 0.6) is 0 Å². The molecule has 0 unspecified atom stereocenters. The van der Waals surface area contributed by atoms with Crippen LogP contribution in [0.3, 0.4) is 0 Å². The van der Waals surface area contributed by atoms with E-state index in [1.54, 1.807) is 30.3 Å². The predicted molar refractivity (Wildman–Crippen MR) is 128 cm³/mol. The van der Waals surface area contributed by atoms with E-state index in [1.165, 1.54) is 6.42 Å². The number of halogens is 1. The lowest BCUT2D eigenvalue weighted by atomic mass is 10.1. The van der Waals surface area contributed by atoms with Gasteiger partial charge in [-0.25, -0.2) is 4.79 Å². The summed E-state index contributed by atoms with van der Waals surface area (Å²) in [5.74, 6) is -0.150. The van der Waals surface area contributed by atoms with Crippen molar-refractivity contribution < 1.29 is 14.3 Å². The summed E-state index contributed by atoms with van der Waals surface area (Å²) in [5.41, 5.74) is 2.65. The van der Waals surface area contributed by atoms with Crippen molar-refractivity contribution in [1.82, 2.24) is 5.32 Å². The monoisotopic (exact) mass is 456 g/mol. The molecule has 4 rings (SSSR count). The van der Waals surface area contributed by atoms with Crippen molar-refractivity contribution in [2.45, 2.75) is 38.2 Å². The maximum atomic E-state index is 13.1. The molecule has 2 aromatic rings. The number of ether oxygens (including phenoxy) is 1. The third kappa shape index (κ3) is 5.93. The lowest BCUT2D eigenvalue weighted by molar-refractivity contribution is 0.0858. The Morgan fingerprint density at radius 2 is 1.69 bits per heavy atom. The first-order valence-corrected chi connectivity index (χ1v) is 11.6. The van der Waals surface area contributed by atoms with Gasteiger partial charge in [-0.3, -0.25) is 4.79 Å². The number of nitrogens with one attached hydrogen (secondary N) is 3. The van der Waals surface area contributed by atoms with Crippen molar-refractivity contribution in [1.29, 1.82) is 0 Å². The van der Waals surface area contributed by atoms with Crippen molar-refractivity contribution in [3.05, 3.63) is 53.1 Å². The molecule has 2 aliphatic rings. The number of carbonyl (C=O) groups excluding carboxylic acids is 2. The third-order valence-corrected chi connectivity index (χ3v) is 6.06. The third-order valence-electron chi connectivity index (χ3n) is 5.81. The number of benzene rings is 2. The van der Waals surface area contributed by atoms with Crippen LogP contribution in [0.25, 0.3) is 0 Å². The molecule has 0 bridgehead atoms. The van der Waals surface area contributed by atoms with Crippen molar-refractivity contribution in [2.75, 3.05) is 41.8 Å². The first-order chi connectivity index (χ1) is 15.6. The average molecular weight is 457 g/mol. The Morgan fingerprint density at radius 3 is 2.41 bits per heavy atom. The molecule has 7 nitrogen and oxygen atoms in total. The zero-order chi connectivity index (χ0) is 22.3. The second-order valence-corrected chi connectivity index (χ2v) is 8.65. The molecule has 2 saturated heterocycles. The number of piperidine rings is 1. The molecule has 1 atom stereocenters. The highest BCUT2D eigenvalue weighted by molar-refractivity contribution is 6.30. The van der Waals surface area contributed by atoms with Crippen molar-refractivity contribution in [3.8, 4) is 0 Å². The van der Waals surface area contributed by atoms with E-state index in [9.17, 15) is 9.59 Å². The van der Waals surface area contributed by atoms with Crippen LogP contribution in [0.2, 0.25) is 5.02 Å². The van der Waals surface area contributed by atoms with Crippen LogP contribution in [-0.2, 0) is 4.74 Å². The number of nitrogens with zero attached hydrogens (tertiary/aromatic N) is 1. The van der Waals surface area contributed by atoms with Crippen LogP contribution in [0, 0.1) is 0 Å². The van der Waals surface area contributed by atoms with Gasteiger partial charge < -0.3 is 25.6 Å². The fourth-order valence-electron chi connectivity index (χ4n) is 4.14. The zero-order valence-corrected chi connectivity index (χ0v) is 18.8. The SMILES string of the molecule is O=C(Nc1ccc(Cl)cc1)Nc1ccc(N2CCCCC2)c(C(=O)NC[C@H]2CCCO2)c1. The van der Waals surface area contributed by atoms with Crippen molar-refractivity contribution >= 4 is 40.6 Å². The highest BCUT2D eigenvalue weighted by atomic mass is 35.5. The van der Waals surface area contributed by atoms with E-state index in [2.05, 4.69) is 20.9 Å². The standard InChI is InChI=1S/C24H29ClN4O3/c25-17-6-8-18(9-7-17)27-24(31)28-19-10-11-22(29-12-2-1-3-13-29)21(15-19)23(30)26-16-20-5-4-14-32-20/h6-11,15,20H,1-5,12-14,16H2,(H,26,30)(H2,27,28,31)/t20-/m1/s1. The van der Waals surface area contributed by atoms with Gasteiger partial charge >= 0.3 is 6.03 Å². The quantitative estimate of drug-likeness (QED) is 0.578. The van der Waals surface area contributed by atoms with Gasteiger partial charge in [-0.15, -0.1) is 0 Å². The molecular formula is C24H29ClN4O3. The number of urea groups is 1. The fourth-order valence-corrected chi connectivity index (χ4v) is 4.27. The summed E-state index contributed by atoms with van der Waals surface area (Å²) in [4.78, 5) is 27.8. The Balaban J connectivity index is 1.48. The maximum absolute atomic E-state index is 13.1. The topological polar surface area (TPSA) is 82.7 Å². The van der Waals surface area contributed by atoms with Crippen LogP contribution in [0.4, 0.5) is 21.9 Å². The Hall–Kier alpha value is -2.77. The lowest BCUT2D eigenvalue weighted by Gasteiger charge is -2.30. The second kappa shape index (κ2) is 10.7. The largest absolute Gasteiger partial charge is 0.376 e. The number of rotatable bonds is 6. The molecule has 32 heavy (non-hydrogen) atoms.